The van der Waals surface area contributed by atoms with Crippen molar-refractivity contribution >= 4 is 23.5 Å². The van der Waals surface area contributed by atoms with E-state index in [1.807, 2.05) is 31.2 Å². The Morgan fingerprint density at radius 3 is 2.13 bits per heavy atom. The van der Waals surface area contributed by atoms with Gasteiger partial charge >= 0.3 is 12.1 Å². The zero-order valence-corrected chi connectivity index (χ0v) is 17.3. The summed E-state index contributed by atoms with van der Waals surface area (Å²) in [4.78, 5) is 24.2. The molecule has 2 aromatic rings. The molecule has 0 radical (unpaired) electrons. The minimum atomic E-state index is -4.46. The van der Waals surface area contributed by atoms with Crippen molar-refractivity contribution in [1.82, 2.24) is 0 Å². The molecule has 30 heavy (non-hydrogen) atoms. The van der Waals surface area contributed by atoms with E-state index in [4.69, 9.17) is 10.8 Å². The first kappa shape index (κ1) is 23.5. The van der Waals surface area contributed by atoms with Gasteiger partial charge in [-0.15, -0.1) is 11.8 Å². The van der Waals surface area contributed by atoms with Crippen LogP contribution in [-0.2, 0) is 11.0 Å². The molecule has 0 aliphatic carbocycles. The zero-order chi connectivity index (χ0) is 22.5. The molecule has 0 heterocycles. The highest BCUT2D eigenvalue weighted by Gasteiger charge is 2.30. The molecule has 0 amide bonds. The van der Waals surface area contributed by atoms with Gasteiger partial charge in [0.2, 0.25) is 0 Å². The number of alkyl halides is 3. The quantitative estimate of drug-likeness (QED) is 0.324. The van der Waals surface area contributed by atoms with Crippen LogP contribution in [0, 0.1) is 0 Å². The predicted octanol–water partition coefficient (Wildman–Crippen LogP) is 5.49. The van der Waals surface area contributed by atoms with E-state index in [-0.39, 0.29) is 23.5 Å². The maximum atomic E-state index is 12.7. The molecule has 8 heteroatoms. The largest absolute Gasteiger partial charge is 0.481 e. The number of carbonyl (C=O) groups is 2. The van der Waals surface area contributed by atoms with Crippen LogP contribution in [0.4, 0.5) is 13.2 Å². The van der Waals surface area contributed by atoms with Crippen molar-refractivity contribution in [2.75, 3.05) is 5.75 Å². The molecule has 0 unspecified atom stereocenters. The van der Waals surface area contributed by atoms with Gasteiger partial charge in [-0.2, -0.15) is 13.2 Å². The van der Waals surface area contributed by atoms with E-state index in [2.05, 4.69) is 0 Å². The Morgan fingerprint density at radius 1 is 1.07 bits per heavy atom. The van der Waals surface area contributed by atoms with E-state index in [0.29, 0.717) is 11.4 Å². The van der Waals surface area contributed by atoms with Crippen LogP contribution in [0.25, 0.3) is 0 Å². The number of carboxylic acid groups (broad SMARTS) is 1. The maximum Gasteiger partial charge on any atom is 0.416 e. The van der Waals surface area contributed by atoms with Gasteiger partial charge in [0, 0.05) is 27.5 Å². The van der Waals surface area contributed by atoms with Crippen LogP contribution in [-0.4, -0.2) is 22.6 Å². The molecule has 2 aromatic carbocycles. The number of carbonyl (C=O) groups excluding carboxylic acids is 1. The normalized spacial score (nSPS) is 13.5. The highest BCUT2D eigenvalue weighted by molar-refractivity contribution is 7.99. The highest BCUT2D eigenvalue weighted by Crippen LogP contribution is 2.30. The summed E-state index contributed by atoms with van der Waals surface area (Å²) in [5, 5.41) is 8.87. The van der Waals surface area contributed by atoms with Gasteiger partial charge in [0.05, 0.1) is 12.0 Å². The third-order valence-electron chi connectivity index (χ3n) is 4.62. The number of halogens is 3. The molecule has 2 rings (SSSR count). The van der Waals surface area contributed by atoms with Gasteiger partial charge in [-0.1, -0.05) is 31.2 Å². The molecule has 0 spiro atoms. The van der Waals surface area contributed by atoms with Crippen LogP contribution >= 0.6 is 11.8 Å². The van der Waals surface area contributed by atoms with Crippen molar-refractivity contribution in [1.29, 1.82) is 0 Å². The Bertz CT molecular complexity index is 936. The third kappa shape index (κ3) is 6.38. The standard InChI is InChI=1S/C22H22F3NO3S/c1-13(11-20(27)28)15-5-9-18(10-6-15)30-12-19(26)14(2)21(29)16-3-7-17(8-4-16)22(23,24)25/h3-10,13H,11-12,26H2,1-2H3,(H,27,28)/t13-/m0/s1. The van der Waals surface area contributed by atoms with E-state index >= 15 is 0 Å². The monoisotopic (exact) mass is 437 g/mol. The maximum absolute atomic E-state index is 12.7. The number of nitrogens with two attached hydrogens (primary N) is 1. The summed E-state index contributed by atoms with van der Waals surface area (Å²) in [5.41, 5.74) is 6.90. The number of allylic oxidation sites excluding steroid dienone is 1. The van der Waals surface area contributed by atoms with Crippen molar-refractivity contribution in [3.63, 3.8) is 0 Å². The summed E-state index contributed by atoms with van der Waals surface area (Å²) in [6.07, 6.45) is -4.41. The number of benzene rings is 2. The van der Waals surface area contributed by atoms with Gasteiger partial charge in [0.1, 0.15) is 0 Å². The summed E-state index contributed by atoms with van der Waals surface area (Å²) in [6.45, 7) is 3.39. The molecule has 3 N–H and O–H groups in total. The molecule has 0 aliphatic rings. The van der Waals surface area contributed by atoms with Crippen molar-refractivity contribution in [2.24, 2.45) is 5.73 Å². The Balaban J connectivity index is 2.02. The topological polar surface area (TPSA) is 80.4 Å². The summed E-state index contributed by atoms with van der Waals surface area (Å²) >= 11 is 1.41. The number of rotatable bonds is 8. The van der Waals surface area contributed by atoms with Crippen molar-refractivity contribution < 1.29 is 27.9 Å². The molecule has 0 aliphatic heterocycles. The van der Waals surface area contributed by atoms with E-state index in [9.17, 15) is 22.8 Å². The number of Topliss-reactive ketones (excluding diaryl/α,β-unsaturated/α-hetero) is 1. The second kappa shape index (κ2) is 9.84. The zero-order valence-electron chi connectivity index (χ0n) is 16.5. The second-order valence-electron chi connectivity index (χ2n) is 6.91. The van der Waals surface area contributed by atoms with Crippen molar-refractivity contribution in [3.8, 4) is 0 Å². The lowest BCUT2D eigenvalue weighted by Crippen LogP contribution is -2.12. The Morgan fingerprint density at radius 2 is 1.63 bits per heavy atom. The number of hydrogen-bond acceptors (Lipinski definition) is 4. The molecule has 0 aromatic heterocycles. The van der Waals surface area contributed by atoms with Gasteiger partial charge < -0.3 is 10.8 Å². The molecule has 0 bridgehead atoms. The van der Waals surface area contributed by atoms with Gasteiger partial charge in [-0.25, -0.2) is 0 Å². The lowest BCUT2D eigenvalue weighted by molar-refractivity contribution is -0.138. The summed E-state index contributed by atoms with van der Waals surface area (Å²) in [6, 6.07) is 11.5. The van der Waals surface area contributed by atoms with Crippen LogP contribution < -0.4 is 5.73 Å². The van der Waals surface area contributed by atoms with Gasteiger partial charge in [-0.05, 0) is 42.7 Å². The molecule has 0 saturated heterocycles. The smallest absolute Gasteiger partial charge is 0.416 e. The second-order valence-corrected chi connectivity index (χ2v) is 7.96. The predicted molar refractivity (Wildman–Crippen MR) is 110 cm³/mol. The summed E-state index contributed by atoms with van der Waals surface area (Å²) in [7, 11) is 0. The molecule has 0 saturated carbocycles. The Hall–Kier alpha value is -2.74. The van der Waals surface area contributed by atoms with Crippen molar-refractivity contribution in [3.05, 3.63) is 76.5 Å². The van der Waals surface area contributed by atoms with E-state index in [1.54, 1.807) is 6.92 Å². The first-order valence-electron chi connectivity index (χ1n) is 9.10. The Labute approximate surface area is 177 Å². The molecule has 4 nitrogen and oxygen atoms in total. The molecule has 0 fully saturated rings. The lowest BCUT2D eigenvalue weighted by Gasteiger charge is -2.11. The van der Waals surface area contributed by atoms with E-state index < -0.39 is 23.5 Å². The first-order valence-corrected chi connectivity index (χ1v) is 10.1. The fraction of sp³-hybridized carbons (Fsp3) is 0.273. The minimum Gasteiger partial charge on any atom is -0.481 e. The van der Waals surface area contributed by atoms with Crippen LogP contribution in [0.2, 0.25) is 0 Å². The average molecular weight is 437 g/mol. The van der Waals surface area contributed by atoms with Gasteiger partial charge in [0.25, 0.3) is 0 Å². The average Bonchev–Trinajstić information content (AvgIpc) is 2.70. The molecule has 1 atom stereocenters. The number of ketones is 1. The number of aliphatic carboxylic acids is 1. The number of hydrogen-bond donors (Lipinski definition) is 2. The Kier molecular flexibility index (Phi) is 7.72. The molecule has 160 valence electrons. The SMILES string of the molecule is CC(C(=O)c1ccc(C(F)(F)F)cc1)=C(N)CSc1ccc([C@@H](C)CC(=O)O)cc1. The van der Waals surface area contributed by atoms with E-state index in [1.165, 1.54) is 11.8 Å². The van der Waals surface area contributed by atoms with Gasteiger partial charge in [-0.3, -0.25) is 9.59 Å². The first-order chi connectivity index (χ1) is 14.0. The van der Waals surface area contributed by atoms with Crippen LogP contribution in [0.3, 0.4) is 0 Å². The molecular weight excluding hydrogens is 415 g/mol. The molecular formula is C22H22F3NO3S. The van der Waals surface area contributed by atoms with Crippen LogP contribution in [0.15, 0.2) is 64.7 Å². The van der Waals surface area contributed by atoms with Crippen LogP contribution in [0.1, 0.15) is 47.7 Å². The fourth-order valence-corrected chi connectivity index (χ4v) is 3.58. The lowest BCUT2D eigenvalue weighted by atomic mass is 9.98. The summed E-state index contributed by atoms with van der Waals surface area (Å²) in [5.74, 6) is -1.04. The number of thioether (sulfide) groups is 1. The van der Waals surface area contributed by atoms with Crippen molar-refractivity contribution in [2.45, 2.75) is 37.3 Å². The minimum absolute atomic E-state index is 0.0490. The third-order valence-corrected chi connectivity index (χ3v) is 5.68. The highest BCUT2D eigenvalue weighted by atomic mass is 32.2. The number of carboxylic acids is 1. The van der Waals surface area contributed by atoms with Crippen LogP contribution in [0.5, 0.6) is 0 Å². The van der Waals surface area contributed by atoms with Gasteiger partial charge in [0.15, 0.2) is 5.78 Å². The van der Waals surface area contributed by atoms with E-state index in [0.717, 1.165) is 34.7 Å². The fourth-order valence-electron chi connectivity index (χ4n) is 2.71. The summed E-state index contributed by atoms with van der Waals surface area (Å²) < 4.78 is 38.0.